The van der Waals surface area contributed by atoms with E-state index in [1.54, 1.807) is 0 Å². The summed E-state index contributed by atoms with van der Waals surface area (Å²) < 4.78 is 0. The number of H-pyrrole nitrogens is 1. The summed E-state index contributed by atoms with van der Waals surface area (Å²) in [7, 11) is 0. The van der Waals surface area contributed by atoms with Gasteiger partial charge in [0.15, 0.2) is 0 Å². The molecule has 0 unspecified atom stereocenters. The van der Waals surface area contributed by atoms with Gasteiger partial charge in [-0.15, -0.1) is 0 Å². The van der Waals surface area contributed by atoms with Crippen LogP contribution >= 0.6 is 0 Å². The van der Waals surface area contributed by atoms with Crippen molar-refractivity contribution in [3.05, 3.63) is 65.5 Å². The van der Waals surface area contributed by atoms with E-state index < -0.39 is 0 Å². The highest BCUT2D eigenvalue weighted by Gasteiger charge is 2.11. The lowest BCUT2D eigenvalue weighted by Gasteiger charge is -2.10. The summed E-state index contributed by atoms with van der Waals surface area (Å²) in [5.74, 6) is 0. The minimum Gasteiger partial charge on any atom is -0.359 e. The van der Waals surface area contributed by atoms with Crippen molar-refractivity contribution >= 4 is 21.8 Å². The number of hydrogen-bond donors (Lipinski definition) is 1. The van der Waals surface area contributed by atoms with Gasteiger partial charge in [-0.2, -0.15) is 0 Å². The van der Waals surface area contributed by atoms with Gasteiger partial charge >= 0.3 is 0 Å². The van der Waals surface area contributed by atoms with E-state index in [-0.39, 0.29) is 0 Å². The second-order valence-corrected chi connectivity index (χ2v) is 5.97. The normalized spacial score (nSPS) is 11.4. The molecule has 0 bridgehead atoms. The van der Waals surface area contributed by atoms with Gasteiger partial charge in [-0.05, 0) is 55.7 Å². The van der Waals surface area contributed by atoms with E-state index in [2.05, 4.69) is 74.3 Å². The lowest BCUT2D eigenvalue weighted by Crippen LogP contribution is -1.89. The van der Waals surface area contributed by atoms with Gasteiger partial charge in [-0.3, -0.25) is 4.98 Å². The maximum atomic E-state index is 4.71. The third kappa shape index (κ3) is 1.92. The first-order chi connectivity index (χ1) is 10.6. The SMILES string of the molecule is Cc1cc(-c2ccccc2)c2cc3nc(C)c(C)c3cc2[nH]1. The lowest BCUT2D eigenvalue weighted by molar-refractivity contribution is 1.25. The first kappa shape index (κ1) is 13.1. The minimum absolute atomic E-state index is 1.08. The van der Waals surface area contributed by atoms with Crippen LogP contribution in [0.25, 0.3) is 32.9 Å². The molecule has 2 nitrogen and oxygen atoms in total. The van der Waals surface area contributed by atoms with Crippen LogP contribution in [0.5, 0.6) is 0 Å². The number of aromatic amines is 1. The summed E-state index contributed by atoms with van der Waals surface area (Å²) >= 11 is 0. The largest absolute Gasteiger partial charge is 0.359 e. The van der Waals surface area contributed by atoms with Gasteiger partial charge in [0.2, 0.25) is 0 Å². The third-order valence-corrected chi connectivity index (χ3v) is 4.44. The van der Waals surface area contributed by atoms with Crippen LogP contribution in [-0.2, 0) is 0 Å². The fourth-order valence-electron chi connectivity index (χ4n) is 3.17. The van der Waals surface area contributed by atoms with Crippen LogP contribution in [0.3, 0.4) is 0 Å². The number of hydrogen-bond acceptors (Lipinski definition) is 1. The van der Waals surface area contributed by atoms with Crippen LogP contribution in [-0.4, -0.2) is 9.97 Å². The first-order valence-electron chi connectivity index (χ1n) is 7.59. The Bertz CT molecular complexity index is 995. The predicted molar refractivity (Wildman–Crippen MR) is 93.2 cm³/mol. The smallest absolute Gasteiger partial charge is 0.0716 e. The summed E-state index contributed by atoms with van der Waals surface area (Å²) in [4.78, 5) is 8.21. The third-order valence-electron chi connectivity index (χ3n) is 4.44. The van der Waals surface area contributed by atoms with Crippen LogP contribution in [0.15, 0.2) is 48.5 Å². The highest BCUT2D eigenvalue weighted by atomic mass is 14.7. The van der Waals surface area contributed by atoms with Crippen LogP contribution in [0, 0.1) is 20.8 Å². The second-order valence-electron chi connectivity index (χ2n) is 5.97. The van der Waals surface area contributed by atoms with E-state index >= 15 is 0 Å². The molecule has 0 saturated heterocycles. The van der Waals surface area contributed by atoms with Gasteiger partial charge in [0.1, 0.15) is 0 Å². The van der Waals surface area contributed by atoms with Gasteiger partial charge in [-0.25, -0.2) is 0 Å². The monoisotopic (exact) mass is 286 g/mol. The van der Waals surface area contributed by atoms with Crippen LogP contribution in [0.4, 0.5) is 0 Å². The molecule has 0 amide bonds. The minimum atomic E-state index is 1.08. The van der Waals surface area contributed by atoms with E-state index in [0.717, 1.165) is 11.2 Å². The number of aryl methyl sites for hydroxylation is 3. The Morgan fingerprint density at radius 2 is 1.64 bits per heavy atom. The van der Waals surface area contributed by atoms with E-state index in [1.807, 2.05) is 0 Å². The van der Waals surface area contributed by atoms with Crippen molar-refractivity contribution in [2.75, 3.05) is 0 Å². The van der Waals surface area contributed by atoms with Gasteiger partial charge in [0, 0.05) is 27.7 Å². The number of aromatic nitrogens is 2. The molecule has 0 radical (unpaired) electrons. The predicted octanol–water partition coefficient (Wildman–Crippen LogP) is 5.31. The van der Waals surface area contributed by atoms with E-state index in [4.69, 9.17) is 4.98 Å². The van der Waals surface area contributed by atoms with Crippen molar-refractivity contribution in [2.45, 2.75) is 20.8 Å². The number of nitrogens with one attached hydrogen (secondary N) is 1. The van der Waals surface area contributed by atoms with E-state index in [9.17, 15) is 0 Å². The summed E-state index contributed by atoms with van der Waals surface area (Å²) in [6.07, 6.45) is 0. The highest BCUT2D eigenvalue weighted by Crippen LogP contribution is 2.32. The van der Waals surface area contributed by atoms with Crippen LogP contribution in [0.1, 0.15) is 17.0 Å². The van der Waals surface area contributed by atoms with Gasteiger partial charge in [-0.1, -0.05) is 30.3 Å². The maximum Gasteiger partial charge on any atom is 0.0716 e. The number of rotatable bonds is 1. The zero-order chi connectivity index (χ0) is 15.3. The van der Waals surface area contributed by atoms with Crippen molar-refractivity contribution in [3.8, 4) is 11.1 Å². The molecule has 0 aliphatic rings. The van der Waals surface area contributed by atoms with Crippen LogP contribution in [0.2, 0.25) is 0 Å². The van der Waals surface area contributed by atoms with E-state index in [0.29, 0.717) is 0 Å². The average Bonchev–Trinajstić information content (AvgIpc) is 2.80. The van der Waals surface area contributed by atoms with Gasteiger partial charge in [0.25, 0.3) is 0 Å². The molecule has 2 heterocycles. The number of fused-ring (bicyclic) bond motifs is 2. The maximum absolute atomic E-state index is 4.71. The summed E-state index contributed by atoms with van der Waals surface area (Å²) in [6.45, 7) is 6.33. The van der Waals surface area contributed by atoms with Gasteiger partial charge < -0.3 is 4.98 Å². The second kappa shape index (κ2) is 4.70. The Balaban J connectivity index is 2.13. The molecule has 108 valence electrons. The fourth-order valence-corrected chi connectivity index (χ4v) is 3.17. The molecule has 0 aliphatic heterocycles. The topological polar surface area (TPSA) is 28.7 Å². The Morgan fingerprint density at radius 3 is 2.41 bits per heavy atom. The highest BCUT2D eigenvalue weighted by molar-refractivity contribution is 6.03. The molecule has 0 spiro atoms. The summed E-state index contributed by atoms with van der Waals surface area (Å²) in [5, 5.41) is 2.47. The number of pyridine rings is 1. The quantitative estimate of drug-likeness (QED) is 0.505. The summed E-state index contributed by atoms with van der Waals surface area (Å²) in [6, 6.07) is 17.2. The zero-order valence-electron chi connectivity index (χ0n) is 13.1. The van der Waals surface area contributed by atoms with Crippen molar-refractivity contribution < 1.29 is 0 Å². The molecule has 2 aromatic heterocycles. The van der Waals surface area contributed by atoms with Crippen molar-refractivity contribution in [1.29, 1.82) is 0 Å². The van der Waals surface area contributed by atoms with E-state index in [1.165, 1.54) is 38.7 Å². The molecule has 0 aliphatic carbocycles. The lowest BCUT2D eigenvalue weighted by atomic mass is 9.99. The molecule has 0 atom stereocenters. The average molecular weight is 286 g/mol. The molecule has 2 heteroatoms. The van der Waals surface area contributed by atoms with Crippen LogP contribution < -0.4 is 0 Å². The van der Waals surface area contributed by atoms with Crippen molar-refractivity contribution in [1.82, 2.24) is 9.97 Å². The molecule has 4 aromatic rings. The molecule has 4 rings (SSSR count). The zero-order valence-corrected chi connectivity index (χ0v) is 13.1. The molecule has 2 aromatic carbocycles. The standard InChI is InChI=1S/C20H18N2/c1-12-9-17(15-7-5-4-6-8-15)18-11-19-16(10-20(18)21-12)13(2)14(3)22-19/h4-11,21H,1-3H3. The molecule has 1 N–H and O–H groups in total. The molecule has 0 saturated carbocycles. The first-order valence-corrected chi connectivity index (χ1v) is 7.59. The number of nitrogens with zero attached hydrogens (tertiary/aromatic N) is 1. The Hall–Kier alpha value is -2.61. The van der Waals surface area contributed by atoms with Gasteiger partial charge in [0.05, 0.1) is 5.52 Å². The number of benzene rings is 2. The molecular formula is C20H18N2. The molecule has 0 fully saturated rings. The van der Waals surface area contributed by atoms with Crippen molar-refractivity contribution in [2.24, 2.45) is 0 Å². The molecule has 22 heavy (non-hydrogen) atoms. The molecular weight excluding hydrogens is 268 g/mol. The van der Waals surface area contributed by atoms with Crippen molar-refractivity contribution in [3.63, 3.8) is 0 Å². The Kier molecular flexibility index (Phi) is 2.80. The Morgan fingerprint density at radius 1 is 0.864 bits per heavy atom. The summed E-state index contributed by atoms with van der Waals surface area (Å²) in [5.41, 5.74) is 8.30. The Labute approximate surface area is 129 Å². The fraction of sp³-hybridized carbons (Fsp3) is 0.150.